The molecule has 128 valence electrons. The molecule has 1 atom stereocenters. The van der Waals surface area contributed by atoms with Crippen molar-refractivity contribution in [1.29, 1.82) is 0 Å². The number of benzene rings is 1. The molecule has 0 spiro atoms. The van der Waals surface area contributed by atoms with Crippen LogP contribution >= 0.6 is 0 Å². The fourth-order valence-corrected chi connectivity index (χ4v) is 3.19. The van der Waals surface area contributed by atoms with Gasteiger partial charge in [-0.15, -0.1) is 10.2 Å². The van der Waals surface area contributed by atoms with Gasteiger partial charge in [0, 0.05) is 32.1 Å². The van der Waals surface area contributed by atoms with Crippen molar-refractivity contribution in [2.45, 2.75) is 39.3 Å². The first-order chi connectivity index (χ1) is 11.8. The number of rotatable bonds is 5. The third-order valence-electron chi connectivity index (χ3n) is 4.50. The molecule has 1 aromatic heterocycles. The molecule has 1 N–H and O–H groups in total. The highest BCUT2D eigenvalue weighted by Gasteiger charge is 2.25. The van der Waals surface area contributed by atoms with E-state index < -0.39 is 0 Å². The lowest BCUT2D eigenvalue weighted by Gasteiger charge is -2.21. The summed E-state index contributed by atoms with van der Waals surface area (Å²) in [5, 5.41) is 11.6. The van der Waals surface area contributed by atoms with Gasteiger partial charge in [-0.05, 0) is 25.8 Å². The minimum absolute atomic E-state index is 0.558. The van der Waals surface area contributed by atoms with Crippen molar-refractivity contribution in [1.82, 2.24) is 25.0 Å². The summed E-state index contributed by atoms with van der Waals surface area (Å²) in [6, 6.07) is 10.8. The van der Waals surface area contributed by atoms with Crippen LogP contribution in [-0.2, 0) is 13.1 Å². The quantitative estimate of drug-likeness (QED) is 0.676. The number of aromatic nitrogens is 3. The number of hydrogen-bond donors (Lipinski definition) is 1. The first kappa shape index (κ1) is 16.5. The smallest absolute Gasteiger partial charge is 0.194 e. The predicted octanol–water partition coefficient (Wildman–Crippen LogP) is 2.25. The summed E-state index contributed by atoms with van der Waals surface area (Å²) < 4.78 is 2.03. The van der Waals surface area contributed by atoms with Crippen LogP contribution in [0.15, 0.2) is 41.7 Å². The summed E-state index contributed by atoms with van der Waals surface area (Å²) in [6.07, 6.45) is 2.93. The third-order valence-corrected chi connectivity index (χ3v) is 4.50. The van der Waals surface area contributed by atoms with Gasteiger partial charge in [0.25, 0.3) is 0 Å². The SMILES string of the molecule is CCNC(=NCc1nncn1CC)N1CCC(c2ccccc2)C1. The Morgan fingerprint density at radius 3 is 2.88 bits per heavy atom. The van der Waals surface area contributed by atoms with Gasteiger partial charge in [0.05, 0.1) is 0 Å². The number of likely N-dealkylation sites (tertiary alicyclic amines) is 1. The molecule has 1 saturated heterocycles. The Balaban J connectivity index is 1.68. The average molecular weight is 326 g/mol. The highest BCUT2D eigenvalue weighted by Crippen LogP contribution is 2.26. The summed E-state index contributed by atoms with van der Waals surface area (Å²) in [6.45, 7) is 8.53. The topological polar surface area (TPSA) is 58.3 Å². The highest BCUT2D eigenvalue weighted by atomic mass is 15.3. The largest absolute Gasteiger partial charge is 0.357 e. The fraction of sp³-hybridized carbons (Fsp3) is 0.500. The summed E-state index contributed by atoms with van der Waals surface area (Å²) in [5.74, 6) is 2.46. The number of guanidine groups is 1. The van der Waals surface area contributed by atoms with Crippen LogP contribution in [0, 0.1) is 0 Å². The van der Waals surface area contributed by atoms with Crippen molar-refractivity contribution in [2.24, 2.45) is 4.99 Å². The lowest BCUT2D eigenvalue weighted by atomic mass is 9.99. The zero-order chi connectivity index (χ0) is 16.8. The van der Waals surface area contributed by atoms with Gasteiger partial charge in [-0.1, -0.05) is 30.3 Å². The molecule has 24 heavy (non-hydrogen) atoms. The van der Waals surface area contributed by atoms with E-state index in [2.05, 4.69) is 64.6 Å². The van der Waals surface area contributed by atoms with E-state index >= 15 is 0 Å². The van der Waals surface area contributed by atoms with Crippen LogP contribution in [-0.4, -0.2) is 45.3 Å². The summed E-state index contributed by atoms with van der Waals surface area (Å²) in [4.78, 5) is 7.14. The zero-order valence-corrected chi connectivity index (χ0v) is 14.5. The van der Waals surface area contributed by atoms with E-state index in [1.807, 2.05) is 4.57 Å². The number of nitrogens with one attached hydrogen (secondary N) is 1. The monoisotopic (exact) mass is 326 g/mol. The molecule has 2 heterocycles. The molecule has 6 nitrogen and oxygen atoms in total. The highest BCUT2D eigenvalue weighted by molar-refractivity contribution is 5.80. The van der Waals surface area contributed by atoms with Gasteiger partial charge in [-0.2, -0.15) is 0 Å². The maximum absolute atomic E-state index is 4.78. The average Bonchev–Trinajstić information content (AvgIpc) is 3.28. The molecule has 6 heteroatoms. The Labute approximate surface area is 143 Å². The van der Waals surface area contributed by atoms with Crippen molar-refractivity contribution in [2.75, 3.05) is 19.6 Å². The minimum atomic E-state index is 0.558. The van der Waals surface area contributed by atoms with Crippen molar-refractivity contribution in [3.8, 4) is 0 Å². The standard InChI is InChI=1S/C18H26N6/c1-3-19-18(20-12-17-22-21-14-23(17)4-2)24-11-10-16(13-24)15-8-6-5-7-9-15/h5-9,14,16H,3-4,10-13H2,1-2H3,(H,19,20). The van der Waals surface area contributed by atoms with Gasteiger partial charge in [0.1, 0.15) is 12.9 Å². The molecule has 1 unspecified atom stereocenters. The second-order valence-corrected chi connectivity index (χ2v) is 6.05. The first-order valence-corrected chi connectivity index (χ1v) is 8.76. The van der Waals surface area contributed by atoms with Crippen LogP contribution in [0.5, 0.6) is 0 Å². The maximum atomic E-state index is 4.78. The van der Waals surface area contributed by atoms with Crippen LogP contribution < -0.4 is 5.32 Å². The summed E-state index contributed by atoms with van der Waals surface area (Å²) >= 11 is 0. The summed E-state index contributed by atoms with van der Waals surface area (Å²) in [7, 11) is 0. The molecule has 0 amide bonds. The Hall–Kier alpha value is -2.37. The van der Waals surface area contributed by atoms with Crippen LogP contribution in [0.25, 0.3) is 0 Å². The third kappa shape index (κ3) is 3.75. The van der Waals surface area contributed by atoms with Crippen LogP contribution in [0.4, 0.5) is 0 Å². The molecule has 1 aliphatic heterocycles. The Morgan fingerprint density at radius 2 is 2.12 bits per heavy atom. The zero-order valence-electron chi connectivity index (χ0n) is 14.5. The van der Waals surface area contributed by atoms with Crippen molar-refractivity contribution < 1.29 is 0 Å². The van der Waals surface area contributed by atoms with Gasteiger partial charge in [-0.25, -0.2) is 4.99 Å². The second-order valence-electron chi connectivity index (χ2n) is 6.05. The Morgan fingerprint density at radius 1 is 1.29 bits per heavy atom. The number of nitrogens with zero attached hydrogens (tertiary/aromatic N) is 5. The normalized spacial score (nSPS) is 18.2. The molecular weight excluding hydrogens is 300 g/mol. The molecule has 1 aromatic carbocycles. The van der Waals surface area contributed by atoms with E-state index in [0.717, 1.165) is 38.0 Å². The van der Waals surface area contributed by atoms with Crippen LogP contribution in [0.3, 0.4) is 0 Å². The van der Waals surface area contributed by atoms with Gasteiger partial charge >= 0.3 is 0 Å². The molecule has 0 aliphatic carbocycles. The second kappa shape index (κ2) is 7.95. The molecule has 0 saturated carbocycles. The number of aliphatic imine (C=N–C) groups is 1. The van der Waals surface area contributed by atoms with Gasteiger partial charge in [0.15, 0.2) is 11.8 Å². The van der Waals surface area contributed by atoms with Gasteiger partial charge < -0.3 is 14.8 Å². The van der Waals surface area contributed by atoms with Crippen molar-refractivity contribution in [3.63, 3.8) is 0 Å². The predicted molar refractivity (Wildman–Crippen MR) is 95.9 cm³/mol. The van der Waals surface area contributed by atoms with E-state index in [9.17, 15) is 0 Å². The van der Waals surface area contributed by atoms with Gasteiger partial charge in [0.2, 0.25) is 0 Å². The molecular formula is C18H26N6. The summed E-state index contributed by atoms with van der Waals surface area (Å²) in [5.41, 5.74) is 1.42. The molecule has 2 aromatic rings. The minimum Gasteiger partial charge on any atom is -0.357 e. The molecule has 3 rings (SSSR count). The molecule has 0 bridgehead atoms. The Kier molecular flexibility index (Phi) is 5.46. The van der Waals surface area contributed by atoms with Crippen molar-refractivity contribution in [3.05, 3.63) is 48.0 Å². The molecule has 1 aliphatic rings. The van der Waals surface area contributed by atoms with E-state index in [-0.39, 0.29) is 0 Å². The van der Waals surface area contributed by atoms with Crippen LogP contribution in [0.1, 0.15) is 37.6 Å². The first-order valence-electron chi connectivity index (χ1n) is 8.76. The van der Waals surface area contributed by atoms with E-state index in [1.54, 1.807) is 6.33 Å². The van der Waals surface area contributed by atoms with Gasteiger partial charge in [-0.3, -0.25) is 0 Å². The Bertz CT molecular complexity index is 663. The van der Waals surface area contributed by atoms with Crippen molar-refractivity contribution >= 4 is 5.96 Å². The lowest BCUT2D eigenvalue weighted by molar-refractivity contribution is 0.485. The number of hydrogen-bond acceptors (Lipinski definition) is 3. The van der Waals surface area contributed by atoms with Crippen LogP contribution in [0.2, 0.25) is 0 Å². The van der Waals surface area contributed by atoms with E-state index in [1.165, 1.54) is 12.0 Å². The van der Waals surface area contributed by atoms with E-state index in [4.69, 9.17) is 4.99 Å². The van der Waals surface area contributed by atoms with E-state index in [0.29, 0.717) is 12.5 Å². The molecule has 1 fully saturated rings. The maximum Gasteiger partial charge on any atom is 0.194 e. The fourth-order valence-electron chi connectivity index (χ4n) is 3.19. The molecule has 0 radical (unpaired) electrons. The lowest BCUT2D eigenvalue weighted by Crippen LogP contribution is -2.40. The number of aryl methyl sites for hydroxylation is 1.